The van der Waals surface area contributed by atoms with Gasteiger partial charge in [0, 0.05) is 39.1 Å². The van der Waals surface area contributed by atoms with E-state index in [-0.39, 0.29) is 17.7 Å². The molecule has 0 radical (unpaired) electrons. The van der Waals surface area contributed by atoms with Crippen molar-refractivity contribution in [2.24, 2.45) is 11.8 Å². The van der Waals surface area contributed by atoms with Gasteiger partial charge in [-0.2, -0.15) is 0 Å². The lowest BCUT2D eigenvalue weighted by atomic mass is 9.83. The summed E-state index contributed by atoms with van der Waals surface area (Å²) in [6.45, 7) is 4.45. The third kappa shape index (κ3) is 4.24. The number of carbonyl (C=O) groups is 2. The summed E-state index contributed by atoms with van der Waals surface area (Å²) in [6, 6.07) is 10.7. The minimum atomic E-state index is -0.188. The molecule has 0 saturated carbocycles. The van der Waals surface area contributed by atoms with Gasteiger partial charge in [-0.15, -0.1) is 0 Å². The third-order valence-electron chi connectivity index (χ3n) is 6.89. The van der Waals surface area contributed by atoms with Crippen LogP contribution in [-0.4, -0.2) is 65.8 Å². The molecule has 3 fully saturated rings. The number of amides is 2. The molecule has 5 nitrogen and oxygen atoms in total. The van der Waals surface area contributed by atoms with Crippen LogP contribution in [0.15, 0.2) is 30.3 Å². The number of piperidine rings is 2. The number of rotatable bonds is 5. The van der Waals surface area contributed by atoms with Crippen molar-refractivity contribution in [3.8, 4) is 0 Å². The molecule has 0 N–H and O–H groups in total. The van der Waals surface area contributed by atoms with Crippen LogP contribution in [0.4, 0.5) is 0 Å². The molecule has 0 unspecified atom stereocenters. The van der Waals surface area contributed by atoms with E-state index < -0.39 is 0 Å². The van der Waals surface area contributed by atoms with Crippen LogP contribution in [0.3, 0.4) is 0 Å². The highest BCUT2D eigenvalue weighted by Crippen LogP contribution is 2.32. The molecule has 28 heavy (non-hydrogen) atoms. The fourth-order valence-corrected chi connectivity index (χ4v) is 5.44. The predicted molar refractivity (Wildman–Crippen MR) is 110 cm³/mol. The molecule has 5 heteroatoms. The topological polar surface area (TPSA) is 43.9 Å². The minimum Gasteiger partial charge on any atom is -0.345 e. The first-order chi connectivity index (χ1) is 13.6. The second kappa shape index (κ2) is 8.64. The molecule has 3 atom stereocenters. The lowest BCUT2D eigenvalue weighted by Crippen LogP contribution is -2.51. The van der Waals surface area contributed by atoms with E-state index in [1.165, 1.54) is 45.2 Å². The highest BCUT2D eigenvalue weighted by atomic mass is 16.2. The molecule has 1 aromatic rings. The zero-order valence-electron chi connectivity index (χ0n) is 17.1. The van der Waals surface area contributed by atoms with Crippen LogP contribution in [0.1, 0.15) is 44.1 Å². The van der Waals surface area contributed by atoms with Crippen LogP contribution in [0, 0.1) is 11.8 Å². The summed E-state index contributed by atoms with van der Waals surface area (Å²) >= 11 is 0. The normalized spacial score (nSPS) is 28.2. The van der Waals surface area contributed by atoms with Gasteiger partial charge < -0.3 is 14.7 Å². The molecule has 3 saturated heterocycles. The SMILES string of the molecule is CN(C[C@@H]1CCCN2CCCC[C@H]12)C(=O)[C@H]1CC(=O)N(Cc2ccccc2)C1. The summed E-state index contributed by atoms with van der Waals surface area (Å²) < 4.78 is 0. The summed E-state index contributed by atoms with van der Waals surface area (Å²) in [6.07, 6.45) is 6.74. The Hall–Kier alpha value is -1.88. The van der Waals surface area contributed by atoms with E-state index in [0.717, 1.165) is 12.1 Å². The first-order valence-electron chi connectivity index (χ1n) is 10.9. The van der Waals surface area contributed by atoms with Crippen molar-refractivity contribution in [2.75, 3.05) is 33.2 Å². The summed E-state index contributed by atoms with van der Waals surface area (Å²) in [5.74, 6) is 0.649. The van der Waals surface area contributed by atoms with Gasteiger partial charge in [-0.25, -0.2) is 0 Å². The average molecular weight is 384 g/mol. The van der Waals surface area contributed by atoms with Crippen LogP contribution in [0.5, 0.6) is 0 Å². The zero-order valence-corrected chi connectivity index (χ0v) is 17.1. The quantitative estimate of drug-likeness (QED) is 0.785. The predicted octanol–water partition coefficient (Wildman–Crippen LogP) is 2.76. The van der Waals surface area contributed by atoms with Crippen molar-refractivity contribution >= 4 is 11.8 Å². The van der Waals surface area contributed by atoms with Gasteiger partial charge in [-0.05, 0) is 50.3 Å². The van der Waals surface area contributed by atoms with Crippen molar-refractivity contribution in [1.82, 2.24) is 14.7 Å². The molecule has 0 bridgehead atoms. The van der Waals surface area contributed by atoms with Gasteiger partial charge in [0.15, 0.2) is 0 Å². The van der Waals surface area contributed by atoms with Gasteiger partial charge >= 0.3 is 0 Å². The minimum absolute atomic E-state index is 0.103. The molecule has 0 aromatic heterocycles. The number of hydrogen-bond acceptors (Lipinski definition) is 3. The average Bonchev–Trinajstić information content (AvgIpc) is 3.08. The number of carbonyl (C=O) groups excluding carboxylic acids is 2. The Morgan fingerprint density at radius 3 is 2.71 bits per heavy atom. The molecule has 0 aliphatic carbocycles. The molecule has 3 heterocycles. The molecule has 2 amide bonds. The number of nitrogens with zero attached hydrogens (tertiary/aromatic N) is 3. The fraction of sp³-hybridized carbons (Fsp3) is 0.652. The van der Waals surface area contributed by atoms with E-state index in [0.29, 0.717) is 31.5 Å². The van der Waals surface area contributed by atoms with Gasteiger partial charge in [0.1, 0.15) is 0 Å². The van der Waals surface area contributed by atoms with Crippen LogP contribution >= 0.6 is 0 Å². The Morgan fingerprint density at radius 2 is 1.89 bits per heavy atom. The highest BCUT2D eigenvalue weighted by Gasteiger charge is 2.38. The molecule has 1 aromatic carbocycles. The van der Waals surface area contributed by atoms with Crippen molar-refractivity contribution < 1.29 is 9.59 Å². The molecule has 0 spiro atoms. The van der Waals surface area contributed by atoms with Gasteiger partial charge in [-0.3, -0.25) is 9.59 Å². The smallest absolute Gasteiger partial charge is 0.227 e. The van der Waals surface area contributed by atoms with Gasteiger partial charge in [0.05, 0.1) is 5.92 Å². The number of fused-ring (bicyclic) bond motifs is 1. The number of likely N-dealkylation sites (tertiary alicyclic amines) is 1. The Kier molecular flexibility index (Phi) is 6.00. The zero-order chi connectivity index (χ0) is 19.5. The van der Waals surface area contributed by atoms with Gasteiger partial charge in [0.25, 0.3) is 0 Å². The summed E-state index contributed by atoms with van der Waals surface area (Å²) in [5, 5.41) is 0. The largest absolute Gasteiger partial charge is 0.345 e. The Balaban J connectivity index is 1.33. The third-order valence-corrected chi connectivity index (χ3v) is 6.89. The molecule has 152 valence electrons. The molecule has 3 aliphatic rings. The van der Waals surface area contributed by atoms with Crippen LogP contribution in [-0.2, 0) is 16.1 Å². The maximum absolute atomic E-state index is 13.1. The monoisotopic (exact) mass is 383 g/mol. The molecule has 3 aliphatic heterocycles. The second-order valence-corrected chi connectivity index (χ2v) is 8.88. The van der Waals surface area contributed by atoms with E-state index in [4.69, 9.17) is 0 Å². The maximum Gasteiger partial charge on any atom is 0.227 e. The van der Waals surface area contributed by atoms with E-state index >= 15 is 0 Å². The van der Waals surface area contributed by atoms with Crippen molar-refractivity contribution in [2.45, 2.75) is 51.1 Å². The molecular weight excluding hydrogens is 350 g/mol. The highest BCUT2D eigenvalue weighted by molar-refractivity contribution is 5.89. The van der Waals surface area contributed by atoms with Gasteiger partial charge in [-0.1, -0.05) is 36.8 Å². The van der Waals surface area contributed by atoms with Crippen LogP contribution in [0.25, 0.3) is 0 Å². The van der Waals surface area contributed by atoms with Gasteiger partial charge in [0.2, 0.25) is 11.8 Å². The second-order valence-electron chi connectivity index (χ2n) is 8.88. The standard InChI is InChI=1S/C23H33N3O2/c1-24(16-19-10-7-13-25-12-6-5-11-21(19)25)23(28)20-14-22(27)26(17-20)15-18-8-3-2-4-9-18/h2-4,8-9,19-21H,5-7,10-17H2,1H3/t19-,20-,21+/m0/s1. The van der Waals surface area contributed by atoms with E-state index in [2.05, 4.69) is 4.90 Å². The van der Waals surface area contributed by atoms with Crippen LogP contribution in [0.2, 0.25) is 0 Å². The van der Waals surface area contributed by atoms with Crippen LogP contribution < -0.4 is 0 Å². The summed E-state index contributed by atoms with van der Waals surface area (Å²) in [5.41, 5.74) is 1.12. The van der Waals surface area contributed by atoms with Crippen molar-refractivity contribution in [1.29, 1.82) is 0 Å². The Bertz CT molecular complexity index is 690. The van der Waals surface area contributed by atoms with E-state index in [1.807, 2.05) is 47.2 Å². The first kappa shape index (κ1) is 19.4. The molecule has 4 rings (SSSR count). The Labute approximate surface area is 168 Å². The fourth-order valence-electron chi connectivity index (χ4n) is 5.44. The number of benzene rings is 1. The first-order valence-corrected chi connectivity index (χ1v) is 10.9. The summed E-state index contributed by atoms with van der Waals surface area (Å²) in [7, 11) is 1.94. The van der Waals surface area contributed by atoms with E-state index in [9.17, 15) is 9.59 Å². The van der Waals surface area contributed by atoms with Crippen molar-refractivity contribution in [3.05, 3.63) is 35.9 Å². The molecular formula is C23H33N3O2. The van der Waals surface area contributed by atoms with E-state index in [1.54, 1.807) is 0 Å². The lowest BCUT2D eigenvalue weighted by molar-refractivity contribution is -0.135. The Morgan fingerprint density at radius 1 is 1.11 bits per heavy atom. The maximum atomic E-state index is 13.1. The lowest BCUT2D eigenvalue weighted by Gasteiger charge is -2.45. The number of hydrogen-bond donors (Lipinski definition) is 0. The summed E-state index contributed by atoms with van der Waals surface area (Å²) in [4.78, 5) is 31.9. The van der Waals surface area contributed by atoms with Crippen molar-refractivity contribution in [3.63, 3.8) is 0 Å².